The molecule has 0 spiro atoms. The summed E-state index contributed by atoms with van der Waals surface area (Å²) < 4.78 is 0. The number of β-amino-alcohol motifs (C(OH)–C–C–N with tert-alkyl or cyclic N) is 1. The van der Waals surface area contributed by atoms with Crippen molar-refractivity contribution < 1.29 is 9.90 Å². The van der Waals surface area contributed by atoms with Crippen molar-refractivity contribution in [2.45, 2.75) is 19.1 Å². The second kappa shape index (κ2) is 8.14. The maximum Gasteiger partial charge on any atom is 0.255 e. The van der Waals surface area contributed by atoms with E-state index in [1.54, 1.807) is 11.3 Å². The van der Waals surface area contributed by atoms with Crippen LogP contribution in [-0.4, -0.2) is 35.1 Å². The van der Waals surface area contributed by atoms with E-state index in [-0.39, 0.29) is 12.0 Å². The van der Waals surface area contributed by atoms with Gasteiger partial charge in [-0.05, 0) is 53.3 Å². The van der Waals surface area contributed by atoms with Gasteiger partial charge in [-0.1, -0.05) is 24.3 Å². The third-order valence-corrected chi connectivity index (χ3v) is 5.90. The summed E-state index contributed by atoms with van der Waals surface area (Å²) >= 11 is 1.65. The molecule has 5 nitrogen and oxygen atoms in total. The number of nitrogen functional groups attached to an aromatic ring is 1. The van der Waals surface area contributed by atoms with E-state index in [1.165, 1.54) is 0 Å². The number of nitrogens with one attached hydrogen (secondary N) is 1. The fourth-order valence-electron chi connectivity index (χ4n) is 3.43. The van der Waals surface area contributed by atoms with Crippen molar-refractivity contribution in [2.75, 3.05) is 24.1 Å². The number of nitrogens with two attached hydrogens (primary N) is 1. The lowest BCUT2D eigenvalue weighted by Crippen LogP contribution is -2.21. The molecule has 0 unspecified atom stereocenters. The van der Waals surface area contributed by atoms with Gasteiger partial charge in [0.05, 0.1) is 17.5 Å². The van der Waals surface area contributed by atoms with Crippen LogP contribution in [0.1, 0.15) is 22.3 Å². The number of thiophene rings is 1. The first-order chi connectivity index (χ1) is 13.6. The summed E-state index contributed by atoms with van der Waals surface area (Å²) in [5.41, 5.74) is 9.96. The van der Waals surface area contributed by atoms with Crippen LogP contribution in [0.15, 0.2) is 60.0 Å². The van der Waals surface area contributed by atoms with E-state index in [0.717, 1.165) is 35.5 Å². The van der Waals surface area contributed by atoms with Gasteiger partial charge in [-0.2, -0.15) is 0 Å². The minimum absolute atomic E-state index is 0.182. The third kappa shape index (κ3) is 4.25. The molecular formula is C22H23N3O2S. The number of rotatable bonds is 5. The summed E-state index contributed by atoms with van der Waals surface area (Å²) in [5.74, 6) is -0.182. The van der Waals surface area contributed by atoms with Crippen LogP contribution >= 0.6 is 11.3 Å². The molecule has 1 aliphatic heterocycles. The number of likely N-dealkylation sites (tertiary alicyclic amines) is 1. The van der Waals surface area contributed by atoms with Crippen LogP contribution in [-0.2, 0) is 6.54 Å². The number of nitrogens with zero attached hydrogens (tertiary/aromatic N) is 1. The molecule has 1 aliphatic rings. The number of hydrogen-bond acceptors (Lipinski definition) is 5. The zero-order chi connectivity index (χ0) is 19.5. The molecule has 3 aromatic rings. The monoisotopic (exact) mass is 393 g/mol. The lowest BCUT2D eigenvalue weighted by molar-refractivity contribution is 0.102. The van der Waals surface area contributed by atoms with E-state index in [1.807, 2.05) is 60.0 Å². The van der Waals surface area contributed by atoms with Crippen molar-refractivity contribution in [3.8, 4) is 10.4 Å². The Labute approximate surface area is 168 Å². The zero-order valence-electron chi connectivity index (χ0n) is 15.5. The highest BCUT2D eigenvalue weighted by Gasteiger charge is 2.20. The fourth-order valence-corrected chi connectivity index (χ4v) is 4.15. The predicted molar refractivity (Wildman–Crippen MR) is 114 cm³/mol. The van der Waals surface area contributed by atoms with Crippen molar-refractivity contribution >= 4 is 28.6 Å². The van der Waals surface area contributed by atoms with E-state index in [4.69, 9.17) is 5.73 Å². The van der Waals surface area contributed by atoms with Crippen LogP contribution in [0.4, 0.5) is 11.4 Å². The highest BCUT2D eigenvalue weighted by Crippen LogP contribution is 2.30. The van der Waals surface area contributed by atoms with Crippen LogP contribution in [0, 0.1) is 0 Å². The van der Waals surface area contributed by atoms with Crippen LogP contribution in [0.3, 0.4) is 0 Å². The van der Waals surface area contributed by atoms with E-state index < -0.39 is 0 Å². The van der Waals surface area contributed by atoms with E-state index >= 15 is 0 Å². The summed E-state index contributed by atoms with van der Waals surface area (Å²) in [6.45, 7) is 2.40. The summed E-state index contributed by atoms with van der Waals surface area (Å²) in [4.78, 5) is 16.0. The highest BCUT2D eigenvalue weighted by atomic mass is 32.1. The van der Waals surface area contributed by atoms with Gasteiger partial charge in [0.1, 0.15) is 0 Å². The van der Waals surface area contributed by atoms with Gasteiger partial charge >= 0.3 is 0 Å². The maximum absolute atomic E-state index is 12.7. The average Bonchev–Trinajstić information content (AvgIpc) is 3.36. The molecular weight excluding hydrogens is 370 g/mol. The fraction of sp³-hybridized carbons (Fsp3) is 0.227. The number of hydrogen-bond donors (Lipinski definition) is 3. The Morgan fingerprint density at radius 2 is 2.04 bits per heavy atom. The molecule has 4 N–H and O–H groups in total. The topological polar surface area (TPSA) is 78.6 Å². The smallest absolute Gasteiger partial charge is 0.255 e. The largest absolute Gasteiger partial charge is 0.397 e. The lowest BCUT2D eigenvalue weighted by Gasteiger charge is -2.15. The third-order valence-electron chi connectivity index (χ3n) is 4.98. The number of benzene rings is 2. The standard InChI is InChI=1S/C22H23N3O2S/c23-19-8-7-17(21-2-1-11-28-21)12-20(19)24-22(27)16-5-3-15(4-6-16)13-25-10-9-18(26)14-25/h1-8,11-12,18,26H,9-10,13-14,23H2,(H,24,27)/t18-/m0/s1. The Kier molecular flexibility index (Phi) is 5.43. The normalized spacial score (nSPS) is 17.0. The van der Waals surface area contributed by atoms with Crippen LogP contribution in [0.25, 0.3) is 10.4 Å². The number of aliphatic hydroxyl groups is 1. The summed E-state index contributed by atoms with van der Waals surface area (Å²) in [6.07, 6.45) is 0.604. The van der Waals surface area contributed by atoms with Gasteiger partial charge in [-0.25, -0.2) is 0 Å². The Bertz CT molecular complexity index is 954. The molecule has 28 heavy (non-hydrogen) atoms. The summed E-state index contributed by atoms with van der Waals surface area (Å²) in [5, 5.41) is 14.6. The molecule has 4 rings (SSSR count). The van der Waals surface area contributed by atoms with Gasteiger partial charge in [0, 0.05) is 30.1 Å². The SMILES string of the molecule is Nc1ccc(-c2cccs2)cc1NC(=O)c1ccc(CN2CC[C@H](O)C2)cc1. The summed E-state index contributed by atoms with van der Waals surface area (Å²) in [7, 11) is 0. The number of carbonyl (C=O) groups is 1. The van der Waals surface area contributed by atoms with Crippen molar-refractivity contribution in [1.29, 1.82) is 0 Å². The van der Waals surface area contributed by atoms with Crippen LogP contribution in [0.2, 0.25) is 0 Å². The van der Waals surface area contributed by atoms with Crippen molar-refractivity contribution in [3.05, 3.63) is 71.1 Å². The van der Waals surface area contributed by atoms with Gasteiger partial charge < -0.3 is 16.2 Å². The number of aliphatic hydroxyl groups excluding tert-OH is 1. The minimum atomic E-state index is -0.222. The minimum Gasteiger partial charge on any atom is -0.397 e. The molecule has 1 saturated heterocycles. The quantitative estimate of drug-likeness (QED) is 0.576. The molecule has 2 aromatic carbocycles. The van der Waals surface area contributed by atoms with Gasteiger partial charge in [-0.15, -0.1) is 11.3 Å². The molecule has 0 aliphatic carbocycles. The summed E-state index contributed by atoms with van der Waals surface area (Å²) in [6, 6.07) is 17.3. The number of anilines is 2. The Balaban J connectivity index is 1.44. The second-order valence-corrected chi connectivity index (χ2v) is 8.06. The van der Waals surface area contributed by atoms with E-state index in [2.05, 4.69) is 10.2 Å². The van der Waals surface area contributed by atoms with Crippen LogP contribution < -0.4 is 11.1 Å². The van der Waals surface area contributed by atoms with Gasteiger partial charge in [0.25, 0.3) is 5.91 Å². The Hall–Kier alpha value is -2.67. The lowest BCUT2D eigenvalue weighted by atomic mass is 10.1. The van der Waals surface area contributed by atoms with Crippen molar-refractivity contribution in [1.82, 2.24) is 4.90 Å². The molecule has 0 radical (unpaired) electrons. The first-order valence-corrected chi connectivity index (χ1v) is 10.2. The van der Waals surface area contributed by atoms with E-state index in [0.29, 0.717) is 23.5 Å². The molecule has 6 heteroatoms. The Morgan fingerprint density at radius 3 is 2.71 bits per heavy atom. The van der Waals surface area contributed by atoms with Crippen molar-refractivity contribution in [2.24, 2.45) is 0 Å². The van der Waals surface area contributed by atoms with Gasteiger partial charge in [0.2, 0.25) is 0 Å². The van der Waals surface area contributed by atoms with Gasteiger partial charge in [0.15, 0.2) is 0 Å². The van der Waals surface area contributed by atoms with Crippen molar-refractivity contribution in [3.63, 3.8) is 0 Å². The zero-order valence-corrected chi connectivity index (χ0v) is 16.3. The molecule has 0 saturated carbocycles. The molecule has 0 bridgehead atoms. The number of amides is 1. The van der Waals surface area contributed by atoms with Gasteiger partial charge in [-0.3, -0.25) is 9.69 Å². The average molecular weight is 394 g/mol. The molecule has 1 fully saturated rings. The number of carbonyl (C=O) groups excluding carboxylic acids is 1. The first-order valence-electron chi connectivity index (χ1n) is 9.32. The molecule has 144 valence electrons. The second-order valence-electron chi connectivity index (χ2n) is 7.11. The Morgan fingerprint density at radius 1 is 1.21 bits per heavy atom. The molecule has 2 heterocycles. The van der Waals surface area contributed by atoms with Crippen LogP contribution in [0.5, 0.6) is 0 Å². The molecule has 1 aromatic heterocycles. The predicted octanol–water partition coefficient (Wildman–Crippen LogP) is 3.82. The maximum atomic E-state index is 12.7. The highest BCUT2D eigenvalue weighted by molar-refractivity contribution is 7.13. The first kappa shape index (κ1) is 18.7. The molecule has 1 atom stereocenters. The molecule has 1 amide bonds. The van der Waals surface area contributed by atoms with E-state index in [9.17, 15) is 9.90 Å².